The summed E-state index contributed by atoms with van der Waals surface area (Å²) in [6, 6.07) is 0.0788. The topological polar surface area (TPSA) is 40.5 Å². The Bertz CT molecular complexity index is 171. The SMILES string of the molecule is O=C(O)CN(CC(F)F)C1CC1. The summed E-state index contributed by atoms with van der Waals surface area (Å²) in [5.74, 6) is -1.04. The van der Waals surface area contributed by atoms with E-state index >= 15 is 0 Å². The molecule has 0 aromatic rings. The average molecular weight is 179 g/mol. The molecule has 0 radical (unpaired) electrons. The highest BCUT2D eigenvalue weighted by Gasteiger charge is 2.31. The molecule has 0 saturated heterocycles. The Balaban J connectivity index is 2.32. The van der Waals surface area contributed by atoms with Gasteiger partial charge in [-0.1, -0.05) is 0 Å². The molecule has 1 saturated carbocycles. The van der Waals surface area contributed by atoms with Crippen LogP contribution in [-0.2, 0) is 4.79 Å². The Labute approximate surface area is 69.0 Å². The maximum Gasteiger partial charge on any atom is 0.317 e. The van der Waals surface area contributed by atoms with Crippen LogP contribution in [0.15, 0.2) is 0 Å². The van der Waals surface area contributed by atoms with E-state index in [0.717, 1.165) is 12.8 Å². The summed E-state index contributed by atoms with van der Waals surface area (Å²) in [5, 5.41) is 8.39. The predicted octanol–water partition coefficient (Wildman–Crippen LogP) is 0.801. The third kappa shape index (κ3) is 3.13. The van der Waals surface area contributed by atoms with Gasteiger partial charge < -0.3 is 5.11 Å². The van der Waals surface area contributed by atoms with Gasteiger partial charge >= 0.3 is 5.97 Å². The number of halogens is 2. The Morgan fingerprint density at radius 1 is 1.58 bits per heavy atom. The maximum absolute atomic E-state index is 11.9. The van der Waals surface area contributed by atoms with Gasteiger partial charge in [-0.25, -0.2) is 8.78 Å². The molecule has 0 amide bonds. The van der Waals surface area contributed by atoms with Gasteiger partial charge in [0.2, 0.25) is 0 Å². The second-order valence-electron chi connectivity index (χ2n) is 2.95. The molecule has 0 unspecified atom stereocenters. The molecule has 0 aliphatic heterocycles. The van der Waals surface area contributed by atoms with Crippen molar-refractivity contribution < 1.29 is 18.7 Å². The molecule has 0 aromatic heterocycles. The Kier molecular flexibility index (Phi) is 2.97. The first-order chi connectivity index (χ1) is 5.59. The molecule has 1 aliphatic rings. The highest BCUT2D eigenvalue weighted by molar-refractivity contribution is 5.69. The fraction of sp³-hybridized carbons (Fsp3) is 0.857. The zero-order valence-electron chi connectivity index (χ0n) is 6.54. The molecule has 3 nitrogen and oxygen atoms in total. The van der Waals surface area contributed by atoms with Crippen molar-refractivity contribution in [3.05, 3.63) is 0 Å². The quantitative estimate of drug-likeness (QED) is 0.678. The minimum absolute atomic E-state index is 0.0788. The van der Waals surface area contributed by atoms with Crippen LogP contribution in [0.25, 0.3) is 0 Å². The molecule has 70 valence electrons. The monoisotopic (exact) mass is 179 g/mol. The number of carbonyl (C=O) groups is 1. The minimum Gasteiger partial charge on any atom is -0.480 e. The molecule has 0 atom stereocenters. The van der Waals surface area contributed by atoms with E-state index in [1.54, 1.807) is 0 Å². The summed E-state index contributed by atoms with van der Waals surface area (Å²) in [6.45, 7) is -0.689. The van der Waals surface area contributed by atoms with E-state index in [1.165, 1.54) is 4.90 Å². The standard InChI is InChI=1S/C7H11F2NO2/c8-6(9)3-10(4-7(11)12)5-1-2-5/h5-6H,1-4H2,(H,11,12). The second-order valence-corrected chi connectivity index (χ2v) is 2.95. The molecule has 1 rings (SSSR count). The number of nitrogens with zero attached hydrogens (tertiary/aromatic N) is 1. The van der Waals surface area contributed by atoms with Gasteiger partial charge in [-0.05, 0) is 12.8 Å². The molecule has 0 bridgehead atoms. The third-order valence-electron chi connectivity index (χ3n) is 1.77. The van der Waals surface area contributed by atoms with Gasteiger partial charge in [-0.3, -0.25) is 9.69 Å². The van der Waals surface area contributed by atoms with Crippen molar-refractivity contribution in [2.75, 3.05) is 13.1 Å². The molecule has 1 N–H and O–H groups in total. The summed E-state index contributed by atoms with van der Waals surface area (Å²) in [4.78, 5) is 11.6. The molecule has 0 heterocycles. The number of carboxylic acids is 1. The second kappa shape index (κ2) is 3.80. The molecule has 5 heteroatoms. The van der Waals surface area contributed by atoms with Crippen molar-refractivity contribution in [3.63, 3.8) is 0 Å². The summed E-state index contributed by atoms with van der Waals surface area (Å²) < 4.78 is 23.8. The van der Waals surface area contributed by atoms with E-state index in [0.29, 0.717) is 0 Å². The first-order valence-electron chi connectivity index (χ1n) is 3.83. The number of carboxylic acid groups (broad SMARTS) is 1. The van der Waals surface area contributed by atoms with Crippen LogP contribution in [0.1, 0.15) is 12.8 Å². The Morgan fingerprint density at radius 2 is 2.17 bits per heavy atom. The summed E-state index contributed by atoms with van der Waals surface area (Å²) >= 11 is 0. The lowest BCUT2D eigenvalue weighted by molar-refractivity contribution is -0.138. The van der Waals surface area contributed by atoms with E-state index in [-0.39, 0.29) is 12.6 Å². The van der Waals surface area contributed by atoms with Crippen LogP contribution >= 0.6 is 0 Å². The third-order valence-corrected chi connectivity index (χ3v) is 1.77. The lowest BCUT2D eigenvalue weighted by Gasteiger charge is -2.18. The molecular weight excluding hydrogens is 168 g/mol. The molecule has 0 aromatic carbocycles. The van der Waals surface area contributed by atoms with Gasteiger partial charge in [0.25, 0.3) is 6.43 Å². The first kappa shape index (κ1) is 9.38. The van der Waals surface area contributed by atoms with Crippen molar-refractivity contribution in [3.8, 4) is 0 Å². The lowest BCUT2D eigenvalue weighted by Crippen LogP contribution is -2.35. The summed E-state index contributed by atoms with van der Waals surface area (Å²) in [7, 11) is 0. The highest BCUT2D eigenvalue weighted by atomic mass is 19.3. The van der Waals surface area contributed by atoms with Gasteiger partial charge in [-0.2, -0.15) is 0 Å². The molecule has 1 aliphatic carbocycles. The van der Waals surface area contributed by atoms with Crippen LogP contribution in [0.2, 0.25) is 0 Å². The van der Waals surface area contributed by atoms with Gasteiger partial charge in [0, 0.05) is 6.04 Å². The van der Waals surface area contributed by atoms with Crippen molar-refractivity contribution in [2.24, 2.45) is 0 Å². The van der Waals surface area contributed by atoms with Crippen LogP contribution in [-0.4, -0.2) is 41.5 Å². The zero-order chi connectivity index (χ0) is 9.14. The van der Waals surface area contributed by atoms with Crippen LogP contribution < -0.4 is 0 Å². The Hall–Kier alpha value is -0.710. The molecule has 0 spiro atoms. The maximum atomic E-state index is 11.9. The Morgan fingerprint density at radius 3 is 2.50 bits per heavy atom. The highest BCUT2D eigenvalue weighted by Crippen LogP contribution is 2.26. The average Bonchev–Trinajstić information content (AvgIpc) is 2.63. The van der Waals surface area contributed by atoms with Crippen molar-refractivity contribution in [1.82, 2.24) is 4.90 Å². The number of hydrogen-bond acceptors (Lipinski definition) is 2. The van der Waals surface area contributed by atoms with Crippen molar-refractivity contribution in [2.45, 2.75) is 25.3 Å². The van der Waals surface area contributed by atoms with E-state index in [4.69, 9.17) is 5.11 Å². The molecular formula is C7H11F2NO2. The van der Waals surface area contributed by atoms with Crippen LogP contribution in [0.5, 0.6) is 0 Å². The lowest BCUT2D eigenvalue weighted by atomic mass is 10.4. The largest absolute Gasteiger partial charge is 0.480 e. The van der Waals surface area contributed by atoms with Crippen LogP contribution in [0, 0.1) is 0 Å². The van der Waals surface area contributed by atoms with Crippen LogP contribution in [0.3, 0.4) is 0 Å². The van der Waals surface area contributed by atoms with Crippen LogP contribution in [0.4, 0.5) is 8.78 Å². The summed E-state index contributed by atoms with van der Waals surface area (Å²) in [5.41, 5.74) is 0. The number of aliphatic carboxylic acids is 1. The fourth-order valence-corrected chi connectivity index (χ4v) is 1.13. The van der Waals surface area contributed by atoms with Gasteiger partial charge in [0.05, 0.1) is 13.1 Å². The van der Waals surface area contributed by atoms with Gasteiger partial charge in [0.15, 0.2) is 0 Å². The van der Waals surface area contributed by atoms with E-state index in [1.807, 2.05) is 0 Å². The number of hydrogen-bond donors (Lipinski definition) is 1. The normalized spacial score (nSPS) is 17.3. The van der Waals surface area contributed by atoms with Gasteiger partial charge in [0.1, 0.15) is 0 Å². The first-order valence-corrected chi connectivity index (χ1v) is 3.83. The van der Waals surface area contributed by atoms with Crippen molar-refractivity contribution >= 4 is 5.97 Å². The predicted molar refractivity (Wildman–Crippen MR) is 38.2 cm³/mol. The van der Waals surface area contributed by atoms with E-state index in [9.17, 15) is 13.6 Å². The molecule has 1 fully saturated rings. The smallest absolute Gasteiger partial charge is 0.317 e. The number of rotatable bonds is 5. The van der Waals surface area contributed by atoms with E-state index < -0.39 is 18.9 Å². The minimum atomic E-state index is -2.44. The molecule has 12 heavy (non-hydrogen) atoms. The summed E-state index contributed by atoms with van der Waals surface area (Å²) in [6.07, 6.45) is -0.745. The van der Waals surface area contributed by atoms with E-state index in [2.05, 4.69) is 0 Å². The van der Waals surface area contributed by atoms with Crippen molar-refractivity contribution in [1.29, 1.82) is 0 Å². The zero-order valence-corrected chi connectivity index (χ0v) is 6.54. The number of alkyl halides is 2. The fourth-order valence-electron chi connectivity index (χ4n) is 1.13. The van der Waals surface area contributed by atoms with Gasteiger partial charge in [-0.15, -0.1) is 0 Å².